The van der Waals surface area contributed by atoms with Crippen LogP contribution in [0.25, 0.3) is 0 Å². The molecule has 0 N–H and O–H groups in total. The van der Waals surface area contributed by atoms with E-state index in [-0.39, 0.29) is 18.2 Å². The molecule has 2 rings (SSSR count). The minimum absolute atomic E-state index is 0.222. The topological polar surface area (TPSA) is 0 Å². The van der Waals surface area contributed by atoms with Crippen molar-refractivity contribution < 1.29 is 13.2 Å². The fourth-order valence-corrected chi connectivity index (χ4v) is 1.20. The maximum atomic E-state index is 12.9. The maximum Gasteiger partial charge on any atom is 0.153 e. The highest BCUT2D eigenvalue weighted by Gasteiger charge is 2.41. The summed E-state index contributed by atoms with van der Waals surface area (Å²) in [5.41, 5.74) is 0.258. The van der Waals surface area contributed by atoms with Gasteiger partial charge < -0.3 is 0 Å². The van der Waals surface area contributed by atoms with Gasteiger partial charge in [-0.05, 0) is 18.1 Å². The summed E-state index contributed by atoms with van der Waals surface area (Å²) in [6.07, 6.45) is 0.0586. The second kappa shape index (κ2) is 2.51. The van der Waals surface area contributed by atoms with Crippen LogP contribution in [-0.2, 0) is 0 Å². The van der Waals surface area contributed by atoms with Crippen molar-refractivity contribution in [3.8, 4) is 0 Å². The van der Waals surface area contributed by atoms with Crippen molar-refractivity contribution in [2.75, 3.05) is 0 Å². The third kappa shape index (κ3) is 1.19. The zero-order valence-electron chi connectivity index (χ0n) is 6.15. The Morgan fingerprint density at radius 3 is 2.33 bits per heavy atom. The highest BCUT2D eigenvalue weighted by Crippen LogP contribution is 2.51. The number of benzene rings is 1. The lowest BCUT2D eigenvalue weighted by Gasteiger charge is -1.98. The monoisotopic (exact) mass is 171 g/mol. The van der Waals surface area contributed by atoms with Crippen LogP contribution in [-0.4, -0.2) is 0 Å². The molecule has 1 radical (unpaired) electrons. The summed E-state index contributed by atoms with van der Waals surface area (Å²) in [7, 11) is 0. The first kappa shape index (κ1) is 7.65. The third-order valence-corrected chi connectivity index (χ3v) is 1.96. The van der Waals surface area contributed by atoms with Crippen molar-refractivity contribution in [3.05, 3.63) is 41.6 Å². The van der Waals surface area contributed by atoms with Gasteiger partial charge in [-0.1, -0.05) is 6.07 Å². The zero-order valence-corrected chi connectivity index (χ0v) is 6.15. The molecule has 1 unspecified atom stereocenters. The van der Waals surface area contributed by atoms with E-state index in [9.17, 15) is 13.2 Å². The first-order valence-corrected chi connectivity index (χ1v) is 3.64. The third-order valence-electron chi connectivity index (χ3n) is 1.96. The Bertz CT molecular complexity index is 309. The Morgan fingerprint density at radius 2 is 1.83 bits per heavy atom. The van der Waals surface area contributed by atoms with Crippen LogP contribution in [0.15, 0.2) is 18.2 Å². The molecule has 0 aliphatic heterocycles. The first-order chi connectivity index (χ1) is 5.68. The van der Waals surface area contributed by atoms with Gasteiger partial charge in [0.25, 0.3) is 0 Å². The van der Waals surface area contributed by atoms with E-state index in [1.807, 2.05) is 0 Å². The van der Waals surface area contributed by atoms with E-state index in [0.29, 0.717) is 0 Å². The van der Waals surface area contributed by atoms with Crippen LogP contribution in [0, 0.1) is 17.8 Å². The predicted molar refractivity (Wildman–Crippen MR) is 38.1 cm³/mol. The van der Waals surface area contributed by atoms with Gasteiger partial charge in [0, 0.05) is 12.0 Å². The van der Waals surface area contributed by atoms with Crippen molar-refractivity contribution in [1.29, 1.82) is 0 Å². The van der Waals surface area contributed by atoms with Crippen LogP contribution >= 0.6 is 0 Å². The van der Waals surface area contributed by atoms with Gasteiger partial charge in [0.2, 0.25) is 0 Å². The summed E-state index contributed by atoms with van der Waals surface area (Å²) in [6, 6.07) is 3.22. The normalized spacial score (nSPS) is 22.8. The van der Waals surface area contributed by atoms with Gasteiger partial charge in [-0.15, -0.1) is 0 Å². The number of hydrogen-bond donors (Lipinski definition) is 0. The number of hydrogen-bond acceptors (Lipinski definition) is 0. The molecule has 1 aliphatic rings. The van der Waals surface area contributed by atoms with Crippen molar-refractivity contribution in [1.82, 2.24) is 0 Å². The minimum Gasteiger partial charge on any atom is -0.240 e. The molecule has 0 bridgehead atoms. The number of halogens is 3. The van der Waals surface area contributed by atoms with E-state index in [2.05, 4.69) is 0 Å². The van der Waals surface area contributed by atoms with Crippen LogP contribution in [0.2, 0.25) is 0 Å². The van der Waals surface area contributed by atoms with Crippen LogP contribution in [0.5, 0.6) is 0 Å². The molecule has 0 amide bonds. The summed E-state index contributed by atoms with van der Waals surface area (Å²) in [6.45, 7) is 0. The summed E-state index contributed by atoms with van der Waals surface area (Å²) in [5.74, 6) is -1.71. The van der Waals surface area contributed by atoms with E-state index in [1.54, 1.807) is 0 Å². The molecule has 0 saturated heterocycles. The molecule has 3 heteroatoms. The lowest BCUT2D eigenvalue weighted by Crippen LogP contribution is -1.88. The molecule has 1 aliphatic carbocycles. The van der Waals surface area contributed by atoms with E-state index >= 15 is 0 Å². The van der Waals surface area contributed by atoms with Gasteiger partial charge in [0.05, 0.1) is 0 Å². The Kier molecular flexibility index (Phi) is 1.60. The minimum atomic E-state index is -0.660. The summed E-state index contributed by atoms with van der Waals surface area (Å²) in [4.78, 5) is 0. The lowest BCUT2D eigenvalue weighted by atomic mass is 10.1. The molecule has 12 heavy (non-hydrogen) atoms. The van der Waals surface area contributed by atoms with Gasteiger partial charge in [-0.2, -0.15) is 0 Å². The Balaban J connectivity index is 2.33. The molecular weight excluding hydrogens is 165 g/mol. The van der Waals surface area contributed by atoms with Crippen LogP contribution in [0.1, 0.15) is 17.9 Å². The van der Waals surface area contributed by atoms with E-state index in [0.717, 1.165) is 12.1 Å². The SMILES string of the molecule is F[C]1CC1c1ccc(F)cc1F. The molecule has 0 aromatic heterocycles. The van der Waals surface area contributed by atoms with Crippen molar-refractivity contribution >= 4 is 0 Å². The summed E-state index contributed by atoms with van der Waals surface area (Å²) in [5, 5.41) is 0. The van der Waals surface area contributed by atoms with Crippen LogP contribution < -0.4 is 0 Å². The van der Waals surface area contributed by atoms with Gasteiger partial charge in [-0.3, -0.25) is 0 Å². The molecule has 63 valence electrons. The van der Waals surface area contributed by atoms with Gasteiger partial charge in [-0.25, -0.2) is 13.2 Å². The largest absolute Gasteiger partial charge is 0.240 e. The number of rotatable bonds is 1. The van der Waals surface area contributed by atoms with Gasteiger partial charge in [0.1, 0.15) is 11.6 Å². The Hall–Kier alpha value is -0.990. The first-order valence-electron chi connectivity index (χ1n) is 3.64. The standard InChI is InChI=1S/C9H6F3/c10-5-1-2-6(8(11)3-5)7-4-9(7)12/h1-3,7H,4H2. The van der Waals surface area contributed by atoms with Crippen molar-refractivity contribution in [2.45, 2.75) is 12.3 Å². The van der Waals surface area contributed by atoms with Crippen molar-refractivity contribution in [2.24, 2.45) is 0 Å². The summed E-state index contributed by atoms with van der Waals surface area (Å²) < 4.78 is 37.7. The molecule has 1 fully saturated rings. The van der Waals surface area contributed by atoms with E-state index < -0.39 is 17.6 Å². The Labute approximate surface area is 68.0 Å². The maximum absolute atomic E-state index is 12.9. The fourth-order valence-electron chi connectivity index (χ4n) is 1.20. The van der Waals surface area contributed by atoms with Gasteiger partial charge in [0.15, 0.2) is 6.17 Å². The molecule has 1 aromatic carbocycles. The van der Waals surface area contributed by atoms with E-state index in [4.69, 9.17) is 0 Å². The second-order valence-electron chi connectivity index (χ2n) is 2.87. The highest BCUT2D eigenvalue weighted by molar-refractivity contribution is 5.34. The molecule has 1 atom stereocenters. The molecule has 0 nitrogen and oxygen atoms in total. The molecule has 1 saturated carbocycles. The van der Waals surface area contributed by atoms with Gasteiger partial charge >= 0.3 is 0 Å². The zero-order chi connectivity index (χ0) is 8.72. The van der Waals surface area contributed by atoms with Crippen molar-refractivity contribution in [3.63, 3.8) is 0 Å². The average molecular weight is 171 g/mol. The molecule has 0 heterocycles. The predicted octanol–water partition coefficient (Wildman–Crippen LogP) is 2.95. The second-order valence-corrected chi connectivity index (χ2v) is 2.87. The average Bonchev–Trinajstić information content (AvgIpc) is 2.66. The van der Waals surface area contributed by atoms with Crippen LogP contribution in [0.3, 0.4) is 0 Å². The smallest absolute Gasteiger partial charge is 0.153 e. The summed E-state index contributed by atoms with van der Waals surface area (Å²) >= 11 is 0. The van der Waals surface area contributed by atoms with E-state index in [1.165, 1.54) is 6.07 Å². The Morgan fingerprint density at radius 1 is 1.17 bits per heavy atom. The highest BCUT2D eigenvalue weighted by atomic mass is 19.1. The fraction of sp³-hybridized carbons (Fsp3) is 0.222. The quantitative estimate of drug-likeness (QED) is 0.609. The molecule has 1 aromatic rings. The van der Waals surface area contributed by atoms with Crippen LogP contribution in [0.4, 0.5) is 13.2 Å². The molecular formula is C9H6F3. The molecule has 0 spiro atoms. The lowest BCUT2D eigenvalue weighted by molar-refractivity contribution is 0.557.